The van der Waals surface area contributed by atoms with Gasteiger partial charge in [-0.05, 0) is 23.3 Å². The molecule has 0 unspecified atom stereocenters. The zero-order valence-corrected chi connectivity index (χ0v) is 15.4. The lowest BCUT2D eigenvalue weighted by atomic mass is 9.99. The number of hydrogen-bond donors (Lipinski definition) is 1. The van der Waals surface area contributed by atoms with Gasteiger partial charge in [-0.25, -0.2) is 0 Å². The molecule has 0 aliphatic carbocycles. The van der Waals surface area contributed by atoms with Gasteiger partial charge in [0.2, 0.25) is 0 Å². The minimum Gasteiger partial charge on any atom is -0.477 e. The molecule has 3 aromatic rings. The van der Waals surface area contributed by atoms with Crippen LogP contribution in [0.25, 0.3) is 0 Å². The third kappa shape index (κ3) is 5.04. The molecule has 146 valence electrons. The van der Waals surface area contributed by atoms with Crippen molar-refractivity contribution in [2.24, 2.45) is 0 Å². The molecule has 0 aliphatic heterocycles. The molecule has 3 aromatic carbocycles. The number of nitro benzene ring substituents is 1. The van der Waals surface area contributed by atoms with Gasteiger partial charge in [-0.3, -0.25) is 19.7 Å². The van der Waals surface area contributed by atoms with Crippen LogP contribution in [0.4, 0.5) is 5.69 Å². The molecular formula is C22H18N2O5. The molecule has 0 fully saturated rings. The van der Waals surface area contributed by atoms with E-state index < -0.39 is 17.4 Å². The number of nitrogens with one attached hydrogen (secondary N) is 1. The minimum atomic E-state index is -0.656. The summed E-state index contributed by atoms with van der Waals surface area (Å²) in [5, 5.41) is 14.1. The van der Waals surface area contributed by atoms with Gasteiger partial charge in [0.15, 0.2) is 12.4 Å². The number of carbonyl (C=O) groups is 2. The van der Waals surface area contributed by atoms with Crippen molar-refractivity contribution in [1.82, 2.24) is 5.32 Å². The van der Waals surface area contributed by atoms with E-state index in [0.29, 0.717) is 6.29 Å². The molecule has 0 aromatic heterocycles. The van der Waals surface area contributed by atoms with E-state index in [2.05, 4.69) is 5.32 Å². The van der Waals surface area contributed by atoms with Crippen LogP contribution in [0.2, 0.25) is 0 Å². The Morgan fingerprint density at radius 1 is 1.00 bits per heavy atom. The topological polar surface area (TPSA) is 98.5 Å². The Labute approximate surface area is 167 Å². The highest BCUT2D eigenvalue weighted by molar-refractivity contribution is 5.79. The van der Waals surface area contributed by atoms with E-state index in [4.69, 9.17) is 4.74 Å². The van der Waals surface area contributed by atoms with Crippen molar-refractivity contribution < 1.29 is 19.2 Å². The van der Waals surface area contributed by atoms with Crippen LogP contribution in [-0.4, -0.2) is 23.7 Å². The summed E-state index contributed by atoms with van der Waals surface area (Å²) < 4.78 is 5.36. The first-order valence-corrected chi connectivity index (χ1v) is 8.84. The van der Waals surface area contributed by atoms with Gasteiger partial charge in [-0.2, -0.15) is 0 Å². The Kier molecular flexibility index (Phi) is 6.32. The molecule has 7 nitrogen and oxygen atoms in total. The fourth-order valence-corrected chi connectivity index (χ4v) is 2.87. The summed E-state index contributed by atoms with van der Waals surface area (Å²) in [6.07, 6.45) is 0.508. The lowest BCUT2D eigenvalue weighted by Crippen LogP contribution is -2.33. The summed E-state index contributed by atoms with van der Waals surface area (Å²) in [7, 11) is 0. The molecule has 3 rings (SSSR count). The predicted octanol–water partition coefficient (Wildman–Crippen LogP) is 3.69. The summed E-state index contributed by atoms with van der Waals surface area (Å²) >= 11 is 0. The van der Waals surface area contributed by atoms with Crippen LogP contribution in [-0.2, 0) is 4.79 Å². The Morgan fingerprint density at radius 3 is 2.10 bits per heavy atom. The monoisotopic (exact) mass is 390 g/mol. The largest absolute Gasteiger partial charge is 0.477 e. The third-order valence-corrected chi connectivity index (χ3v) is 4.25. The van der Waals surface area contributed by atoms with Crippen LogP contribution in [0.1, 0.15) is 27.5 Å². The molecule has 0 radical (unpaired) electrons. The van der Waals surface area contributed by atoms with Crippen molar-refractivity contribution in [2.45, 2.75) is 6.04 Å². The van der Waals surface area contributed by atoms with Crippen LogP contribution in [0.3, 0.4) is 0 Å². The maximum Gasteiger partial charge on any atom is 0.311 e. The Bertz CT molecular complexity index is 967. The smallest absolute Gasteiger partial charge is 0.311 e. The predicted molar refractivity (Wildman–Crippen MR) is 107 cm³/mol. The Morgan fingerprint density at radius 2 is 1.59 bits per heavy atom. The standard InChI is InChI=1S/C22H18N2O5/c25-14-16-11-12-20(19(13-16)24(27)28)29-15-21(26)23-22(17-7-3-1-4-8-17)18-9-5-2-6-10-18/h1-14,22H,15H2,(H,23,26). The summed E-state index contributed by atoms with van der Waals surface area (Å²) in [5.41, 5.74) is 1.58. The highest BCUT2D eigenvalue weighted by atomic mass is 16.6. The number of ether oxygens (including phenoxy) is 1. The molecule has 7 heteroatoms. The van der Waals surface area contributed by atoms with Crippen molar-refractivity contribution >= 4 is 17.9 Å². The van der Waals surface area contributed by atoms with Gasteiger partial charge in [0.25, 0.3) is 5.91 Å². The summed E-state index contributed by atoms with van der Waals surface area (Å²) in [6, 6.07) is 22.3. The van der Waals surface area contributed by atoms with E-state index in [9.17, 15) is 19.7 Å². The fraction of sp³-hybridized carbons (Fsp3) is 0.0909. The summed E-state index contributed by atoms with van der Waals surface area (Å²) in [4.78, 5) is 33.9. The van der Waals surface area contributed by atoms with Crippen molar-refractivity contribution in [3.63, 3.8) is 0 Å². The molecule has 1 N–H and O–H groups in total. The van der Waals surface area contributed by atoms with Gasteiger partial charge < -0.3 is 10.1 Å². The van der Waals surface area contributed by atoms with Crippen LogP contribution >= 0.6 is 0 Å². The maximum absolute atomic E-state index is 12.5. The van der Waals surface area contributed by atoms with Gasteiger partial charge >= 0.3 is 5.69 Å². The number of nitro groups is 1. The second-order valence-corrected chi connectivity index (χ2v) is 6.21. The normalized spacial score (nSPS) is 10.4. The van der Waals surface area contributed by atoms with E-state index in [0.717, 1.165) is 17.2 Å². The number of benzene rings is 3. The maximum atomic E-state index is 12.5. The van der Waals surface area contributed by atoms with Crippen LogP contribution in [0.5, 0.6) is 5.75 Å². The second-order valence-electron chi connectivity index (χ2n) is 6.21. The van der Waals surface area contributed by atoms with Crippen molar-refractivity contribution in [2.75, 3.05) is 6.61 Å². The molecule has 1 amide bonds. The van der Waals surface area contributed by atoms with Crippen molar-refractivity contribution in [1.29, 1.82) is 0 Å². The molecule has 0 saturated carbocycles. The lowest BCUT2D eigenvalue weighted by molar-refractivity contribution is -0.385. The summed E-state index contributed by atoms with van der Waals surface area (Å²) in [5.74, 6) is -0.511. The molecule has 0 saturated heterocycles. The molecule has 0 atom stereocenters. The number of aldehydes is 1. The van der Waals surface area contributed by atoms with Gasteiger partial charge in [-0.1, -0.05) is 60.7 Å². The number of nitrogens with zero attached hydrogens (tertiary/aromatic N) is 1. The first-order chi connectivity index (χ1) is 14.1. The van der Waals surface area contributed by atoms with E-state index in [-0.39, 0.29) is 23.0 Å². The van der Waals surface area contributed by atoms with Crippen LogP contribution in [0, 0.1) is 10.1 Å². The SMILES string of the molecule is O=Cc1ccc(OCC(=O)NC(c2ccccc2)c2ccccc2)c([N+](=O)[O-])c1. The highest BCUT2D eigenvalue weighted by Crippen LogP contribution is 2.27. The number of rotatable bonds is 8. The van der Waals surface area contributed by atoms with Crippen LogP contribution in [0.15, 0.2) is 78.9 Å². The van der Waals surface area contributed by atoms with E-state index in [1.54, 1.807) is 0 Å². The van der Waals surface area contributed by atoms with Crippen molar-refractivity contribution in [3.8, 4) is 5.75 Å². The molecule has 0 spiro atoms. The lowest BCUT2D eigenvalue weighted by Gasteiger charge is -2.20. The Balaban J connectivity index is 1.75. The van der Waals surface area contributed by atoms with E-state index >= 15 is 0 Å². The van der Waals surface area contributed by atoms with Gasteiger partial charge in [0.1, 0.15) is 6.29 Å². The van der Waals surface area contributed by atoms with Crippen LogP contribution < -0.4 is 10.1 Å². The molecular weight excluding hydrogens is 372 g/mol. The first-order valence-electron chi connectivity index (χ1n) is 8.84. The summed E-state index contributed by atoms with van der Waals surface area (Å²) in [6.45, 7) is -0.405. The highest BCUT2D eigenvalue weighted by Gasteiger charge is 2.20. The van der Waals surface area contributed by atoms with Gasteiger partial charge in [-0.15, -0.1) is 0 Å². The zero-order chi connectivity index (χ0) is 20.6. The average molecular weight is 390 g/mol. The Hall–Kier alpha value is -4.00. The van der Waals surface area contributed by atoms with E-state index in [1.165, 1.54) is 12.1 Å². The fourth-order valence-electron chi connectivity index (χ4n) is 2.87. The van der Waals surface area contributed by atoms with Gasteiger partial charge in [0.05, 0.1) is 11.0 Å². The third-order valence-electron chi connectivity index (χ3n) is 4.25. The molecule has 29 heavy (non-hydrogen) atoms. The van der Waals surface area contributed by atoms with E-state index in [1.807, 2.05) is 60.7 Å². The number of carbonyl (C=O) groups excluding carboxylic acids is 2. The zero-order valence-electron chi connectivity index (χ0n) is 15.4. The average Bonchev–Trinajstić information content (AvgIpc) is 2.77. The quantitative estimate of drug-likeness (QED) is 0.359. The van der Waals surface area contributed by atoms with Gasteiger partial charge in [0, 0.05) is 11.6 Å². The number of amides is 1. The first kappa shape index (κ1) is 19.8. The molecule has 0 bridgehead atoms. The van der Waals surface area contributed by atoms with Crippen molar-refractivity contribution in [3.05, 3.63) is 106 Å². The molecule has 0 heterocycles. The number of hydrogen-bond acceptors (Lipinski definition) is 5. The molecule has 0 aliphatic rings. The minimum absolute atomic E-state index is 0.0771. The second kappa shape index (κ2) is 9.27.